The van der Waals surface area contributed by atoms with Gasteiger partial charge in [-0.2, -0.15) is 0 Å². The highest BCUT2D eigenvalue weighted by Gasteiger charge is 2.35. The van der Waals surface area contributed by atoms with E-state index < -0.39 is 15.1 Å². The summed E-state index contributed by atoms with van der Waals surface area (Å²) in [5.41, 5.74) is 7.74. The number of sulfone groups is 1. The smallest absolute Gasteiger partial charge is 0.230 e. The molecule has 1 saturated heterocycles. The van der Waals surface area contributed by atoms with Crippen LogP contribution in [0.15, 0.2) is 34.9 Å². The standard InChI is InChI=1S/C14H16N2O3S/c15-14-12(10-6-2-1-3-7-10)13(16-19-14)11-8-4-5-9-20(11,17)18/h1-3,6-7,11H,4-5,8-9,15H2. The van der Waals surface area contributed by atoms with Crippen LogP contribution in [0.1, 0.15) is 30.2 Å². The van der Waals surface area contributed by atoms with Crippen LogP contribution in [0.3, 0.4) is 0 Å². The van der Waals surface area contributed by atoms with Crippen LogP contribution in [0.5, 0.6) is 0 Å². The van der Waals surface area contributed by atoms with Crippen molar-refractivity contribution >= 4 is 15.7 Å². The van der Waals surface area contributed by atoms with Crippen molar-refractivity contribution in [1.82, 2.24) is 5.16 Å². The average Bonchev–Trinajstić information content (AvgIpc) is 2.81. The zero-order chi connectivity index (χ0) is 14.2. The molecule has 2 heterocycles. The number of hydrogen-bond acceptors (Lipinski definition) is 5. The second kappa shape index (κ2) is 4.94. The molecular weight excluding hydrogens is 276 g/mol. The summed E-state index contributed by atoms with van der Waals surface area (Å²) in [7, 11) is -3.17. The van der Waals surface area contributed by atoms with Gasteiger partial charge in [0, 0.05) is 0 Å². The SMILES string of the molecule is Nc1onc(C2CCCCS2(=O)=O)c1-c1ccccc1. The Labute approximate surface area is 117 Å². The lowest BCUT2D eigenvalue weighted by molar-refractivity contribution is 0.421. The zero-order valence-corrected chi connectivity index (χ0v) is 11.8. The predicted octanol–water partition coefficient (Wildman–Crippen LogP) is 2.56. The number of aromatic nitrogens is 1. The van der Waals surface area contributed by atoms with Crippen LogP contribution in [0.2, 0.25) is 0 Å². The summed E-state index contributed by atoms with van der Waals surface area (Å²) in [6, 6.07) is 9.40. The highest BCUT2D eigenvalue weighted by atomic mass is 32.2. The van der Waals surface area contributed by atoms with Crippen LogP contribution in [0.4, 0.5) is 5.88 Å². The monoisotopic (exact) mass is 292 g/mol. The zero-order valence-electron chi connectivity index (χ0n) is 11.0. The van der Waals surface area contributed by atoms with Crippen molar-refractivity contribution in [3.63, 3.8) is 0 Å². The summed E-state index contributed by atoms with van der Waals surface area (Å²) < 4.78 is 29.6. The fourth-order valence-electron chi connectivity index (χ4n) is 2.69. The summed E-state index contributed by atoms with van der Waals surface area (Å²) in [5.74, 6) is 0.380. The summed E-state index contributed by atoms with van der Waals surface area (Å²) in [5, 5.41) is 3.33. The van der Waals surface area contributed by atoms with Crippen molar-refractivity contribution in [2.24, 2.45) is 0 Å². The lowest BCUT2D eigenvalue weighted by atomic mass is 10.0. The van der Waals surface area contributed by atoms with E-state index in [4.69, 9.17) is 10.3 Å². The van der Waals surface area contributed by atoms with Gasteiger partial charge >= 0.3 is 0 Å². The van der Waals surface area contributed by atoms with Crippen LogP contribution in [0.25, 0.3) is 11.1 Å². The molecule has 6 heteroatoms. The van der Waals surface area contributed by atoms with E-state index in [2.05, 4.69) is 5.16 Å². The minimum absolute atomic E-state index is 0.173. The van der Waals surface area contributed by atoms with Gasteiger partial charge in [-0.3, -0.25) is 0 Å². The molecule has 0 aliphatic carbocycles. The van der Waals surface area contributed by atoms with Crippen LogP contribution < -0.4 is 5.73 Å². The van der Waals surface area contributed by atoms with Gasteiger partial charge in [0.05, 0.1) is 11.3 Å². The van der Waals surface area contributed by atoms with E-state index in [1.807, 2.05) is 30.3 Å². The Balaban J connectivity index is 2.12. The van der Waals surface area contributed by atoms with E-state index in [0.717, 1.165) is 12.0 Å². The molecule has 0 amide bonds. The first-order valence-electron chi connectivity index (χ1n) is 6.61. The van der Waals surface area contributed by atoms with Crippen molar-refractivity contribution in [3.8, 4) is 11.1 Å². The van der Waals surface area contributed by atoms with Crippen molar-refractivity contribution in [2.45, 2.75) is 24.5 Å². The Hall–Kier alpha value is -1.82. The molecule has 1 aliphatic heterocycles. The molecule has 20 heavy (non-hydrogen) atoms. The summed E-state index contributed by atoms with van der Waals surface area (Å²) >= 11 is 0. The number of benzene rings is 1. The number of nitrogens with zero attached hydrogens (tertiary/aromatic N) is 1. The molecular formula is C14H16N2O3S. The highest BCUT2D eigenvalue weighted by Crippen LogP contribution is 2.40. The molecule has 106 valence electrons. The highest BCUT2D eigenvalue weighted by molar-refractivity contribution is 7.91. The van der Waals surface area contributed by atoms with Gasteiger partial charge in [0.1, 0.15) is 10.9 Å². The second-order valence-corrected chi connectivity index (χ2v) is 7.33. The van der Waals surface area contributed by atoms with E-state index in [-0.39, 0.29) is 11.6 Å². The van der Waals surface area contributed by atoms with Crippen molar-refractivity contribution in [3.05, 3.63) is 36.0 Å². The van der Waals surface area contributed by atoms with Gasteiger partial charge in [-0.05, 0) is 18.4 Å². The lowest BCUT2D eigenvalue weighted by Gasteiger charge is -2.21. The van der Waals surface area contributed by atoms with Crippen molar-refractivity contribution in [1.29, 1.82) is 0 Å². The molecule has 1 aromatic heterocycles. The Bertz CT molecular complexity index is 707. The number of nitrogens with two attached hydrogens (primary N) is 1. The fraction of sp³-hybridized carbons (Fsp3) is 0.357. The van der Waals surface area contributed by atoms with E-state index in [0.29, 0.717) is 24.1 Å². The Kier molecular flexibility index (Phi) is 3.25. The van der Waals surface area contributed by atoms with E-state index in [1.54, 1.807) is 0 Å². The first-order valence-corrected chi connectivity index (χ1v) is 8.33. The third-order valence-electron chi connectivity index (χ3n) is 3.69. The largest absolute Gasteiger partial charge is 0.367 e. The van der Waals surface area contributed by atoms with E-state index >= 15 is 0 Å². The molecule has 1 atom stereocenters. The van der Waals surface area contributed by atoms with Crippen LogP contribution in [-0.2, 0) is 9.84 Å². The topological polar surface area (TPSA) is 86.2 Å². The molecule has 0 spiro atoms. The maximum absolute atomic E-state index is 12.3. The molecule has 1 unspecified atom stereocenters. The van der Waals surface area contributed by atoms with Gasteiger partial charge in [0.2, 0.25) is 5.88 Å². The number of rotatable bonds is 2. The molecule has 1 fully saturated rings. The maximum atomic E-state index is 12.3. The predicted molar refractivity (Wildman–Crippen MR) is 76.7 cm³/mol. The Morgan fingerprint density at radius 3 is 2.65 bits per heavy atom. The third kappa shape index (κ3) is 2.20. The molecule has 0 radical (unpaired) electrons. The number of anilines is 1. The molecule has 1 aliphatic rings. The van der Waals surface area contributed by atoms with Gasteiger partial charge in [-0.1, -0.05) is 41.9 Å². The van der Waals surface area contributed by atoms with Gasteiger partial charge in [-0.15, -0.1) is 0 Å². The first kappa shape index (κ1) is 13.2. The van der Waals surface area contributed by atoms with Gasteiger partial charge in [0.15, 0.2) is 9.84 Å². The van der Waals surface area contributed by atoms with Gasteiger partial charge < -0.3 is 10.3 Å². The quantitative estimate of drug-likeness (QED) is 0.919. The number of nitrogen functional groups attached to an aromatic ring is 1. The normalized spacial score (nSPS) is 21.7. The molecule has 2 N–H and O–H groups in total. The van der Waals surface area contributed by atoms with Crippen LogP contribution >= 0.6 is 0 Å². The second-order valence-electron chi connectivity index (χ2n) is 5.02. The Morgan fingerprint density at radius 2 is 1.95 bits per heavy atom. The lowest BCUT2D eigenvalue weighted by Crippen LogP contribution is -2.22. The fourth-order valence-corrected chi connectivity index (χ4v) is 4.61. The summed E-state index contributed by atoms with van der Waals surface area (Å²) in [6.45, 7) is 0. The van der Waals surface area contributed by atoms with E-state index in [9.17, 15) is 8.42 Å². The van der Waals surface area contributed by atoms with Crippen LogP contribution in [-0.4, -0.2) is 19.3 Å². The summed E-state index contributed by atoms with van der Waals surface area (Å²) in [4.78, 5) is 0. The van der Waals surface area contributed by atoms with Gasteiger partial charge in [0.25, 0.3) is 0 Å². The minimum atomic E-state index is -3.17. The molecule has 0 bridgehead atoms. The minimum Gasteiger partial charge on any atom is -0.367 e. The van der Waals surface area contributed by atoms with Crippen molar-refractivity contribution < 1.29 is 12.9 Å². The summed E-state index contributed by atoms with van der Waals surface area (Å²) in [6.07, 6.45) is 2.17. The number of hydrogen-bond donors (Lipinski definition) is 1. The average molecular weight is 292 g/mol. The molecule has 5 nitrogen and oxygen atoms in total. The van der Waals surface area contributed by atoms with Gasteiger partial charge in [-0.25, -0.2) is 8.42 Å². The third-order valence-corrected chi connectivity index (χ3v) is 5.87. The Morgan fingerprint density at radius 1 is 1.20 bits per heavy atom. The molecule has 3 rings (SSSR count). The van der Waals surface area contributed by atoms with Crippen LogP contribution in [0, 0.1) is 0 Å². The van der Waals surface area contributed by atoms with Crippen molar-refractivity contribution in [2.75, 3.05) is 11.5 Å². The molecule has 2 aromatic rings. The maximum Gasteiger partial charge on any atom is 0.230 e. The molecule has 1 aromatic carbocycles. The molecule has 0 saturated carbocycles. The first-order chi connectivity index (χ1) is 9.59. The van der Waals surface area contributed by atoms with E-state index in [1.165, 1.54) is 0 Å².